The van der Waals surface area contributed by atoms with Crippen molar-refractivity contribution in [2.75, 3.05) is 19.4 Å². The predicted molar refractivity (Wildman–Crippen MR) is 85.1 cm³/mol. The quantitative estimate of drug-likeness (QED) is 0.818. The molecule has 1 unspecified atom stereocenters. The van der Waals surface area contributed by atoms with Gasteiger partial charge in [0.15, 0.2) is 0 Å². The molecule has 1 atom stereocenters. The van der Waals surface area contributed by atoms with E-state index in [0.717, 1.165) is 17.5 Å². The molecule has 0 radical (unpaired) electrons. The van der Waals surface area contributed by atoms with Crippen LogP contribution in [0.1, 0.15) is 34.8 Å². The molecule has 0 saturated carbocycles. The van der Waals surface area contributed by atoms with Gasteiger partial charge in [0.1, 0.15) is 6.61 Å². The number of aryl methyl sites for hydroxylation is 1. The van der Waals surface area contributed by atoms with Crippen LogP contribution in [0.3, 0.4) is 0 Å². The first-order valence-electron chi connectivity index (χ1n) is 6.60. The van der Waals surface area contributed by atoms with Crippen LogP contribution in [-0.2, 0) is 0 Å². The topological polar surface area (TPSA) is 49.3 Å². The lowest BCUT2D eigenvalue weighted by Crippen LogP contribution is -2.26. The third-order valence-corrected chi connectivity index (χ3v) is 4.07. The van der Waals surface area contributed by atoms with Gasteiger partial charge in [-0.15, -0.1) is 0 Å². The summed E-state index contributed by atoms with van der Waals surface area (Å²) >= 11 is 1.79. The van der Waals surface area contributed by atoms with Crippen LogP contribution in [0.4, 0.5) is 0 Å². The smallest absolute Gasteiger partial charge is 0.251 e. The number of thioether (sulfide) groups is 1. The highest BCUT2D eigenvalue weighted by Gasteiger charge is 2.09. The van der Waals surface area contributed by atoms with Crippen LogP contribution in [0.15, 0.2) is 18.2 Å². The standard InChI is InChI=1S/C16H21NO2S/c1-12-6-7-14(5-4-10-18)11-15(12)16(19)17-9-8-13(2)20-3/h6-7,11,13,18H,8-10H2,1-3H3,(H,17,19). The number of hydrogen-bond acceptors (Lipinski definition) is 3. The lowest BCUT2D eigenvalue weighted by Gasteiger charge is -2.10. The number of hydrogen-bond donors (Lipinski definition) is 2. The van der Waals surface area contributed by atoms with Gasteiger partial charge in [-0.05, 0) is 37.3 Å². The molecule has 20 heavy (non-hydrogen) atoms. The van der Waals surface area contributed by atoms with Crippen LogP contribution < -0.4 is 5.32 Å². The largest absolute Gasteiger partial charge is 0.384 e. The normalized spacial score (nSPS) is 11.4. The van der Waals surface area contributed by atoms with E-state index in [9.17, 15) is 4.79 Å². The Bertz CT molecular complexity index is 517. The van der Waals surface area contributed by atoms with Gasteiger partial charge in [0.25, 0.3) is 5.91 Å². The zero-order valence-corrected chi connectivity index (χ0v) is 13.0. The van der Waals surface area contributed by atoms with Crippen molar-refractivity contribution in [2.24, 2.45) is 0 Å². The zero-order chi connectivity index (χ0) is 15.0. The molecule has 1 rings (SSSR count). The second-order valence-electron chi connectivity index (χ2n) is 4.58. The Morgan fingerprint density at radius 3 is 2.90 bits per heavy atom. The van der Waals surface area contributed by atoms with Crippen LogP contribution in [0.5, 0.6) is 0 Å². The van der Waals surface area contributed by atoms with Gasteiger partial charge in [-0.1, -0.05) is 24.8 Å². The molecule has 0 aromatic heterocycles. The van der Waals surface area contributed by atoms with Crippen molar-refractivity contribution in [3.8, 4) is 11.8 Å². The molecule has 0 saturated heterocycles. The Hall–Kier alpha value is -1.44. The molecule has 4 heteroatoms. The lowest BCUT2D eigenvalue weighted by molar-refractivity contribution is 0.0952. The molecule has 3 nitrogen and oxygen atoms in total. The Balaban J connectivity index is 2.71. The summed E-state index contributed by atoms with van der Waals surface area (Å²) in [7, 11) is 0. The van der Waals surface area contributed by atoms with Gasteiger partial charge in [0.2, 0.25) is 0 Å². The maximum Gasteiger partial charge on any atom is 0.251 e. The van der Waals surface area contributed by atoms with Gasteiger partial charge in [0.05, 0.1) is 0 Å². The van der Waals surface area contributed by atoms with Crippen molar-refractivity contribution in [2.45, 2.75) is 25.5 Å². The second-order valence-corrected chi connectivity index (χ2v) is 5.86. The van der Waals surface area contributed by atoms with Crippen molar-refractivity contribution in [1.29, 1.82) is 0 Å². The Morgan fingerprint density at radius 2 is 2.25 bits per heavy atom. The molecule has 0 aliphatic carbocycles. The Labute approximate surface area is 125 Å². The van der Waals surface area contributed by atoms with E-state index < -0.39 is 0 Å². The molecular formula is C16H21NO2S. The van der Waals surface area contributed by atoms with Crippen LogP contribution >= 0.6 is 11.8 Å². The van der Waals surface area contributed by atoms with E-state index in [4.69, 9.17) is 5.11 Å². The summed E-state index contributed by atoms with van der Waals surface area (Å²) in [4.78, 5) is 12.1. The number of aliphatic hydroxyl groups excluding tert-OH is 1. The predicted octanol–water partition coefficient (Wildman–Crippen LogP) is 2.21. The summed E-state index contributed by atoms with van der Waals surface area (Å²) in [5, 5.41) is 12.2. The maximum atomic E-state index is 12.1. The molecule has 1 amide bonds. The van der Waals surface area contributed by atoms with Gasteiger partial charge < -0.3 is 10.4 Å². The van der Waals surface area contributed by atoms with Crippen molar-refractivity contribution in [3.63, 3.8) is 0 Å². The summed E-state index contributed by atoms with van der Waals surface area (Å²) in [6.45, 7) is 4.55. The minimum atomic E-state index is -0.179. The van der Waals surface area contributed by atoms with E-state index in [1.807, 2.05) is 19.1 Å². The van der Waals surface area contributed by atoms with Gasteiger partial charge in [-0.3, -0.25) is 4.79 Å². The summed E-state index contributed by atoms with van der Waals surface area (Å²) in [5.74, 6) is 5.34. The average molecular weight is 291 g/mol. The number of carbonyl (C=O) groups is 1. The van der Waals surface area contributed by atoms with Crippen molar-refractivity contribution < 1.29 is 9.90 Å². The summed E-state index contributed by atoms with van der Waals surface area (Å²) < 4.78 is 0. The number of benzene rings is 1. The maximum absolute atomic E-state index is 12.1. The van der Waals surface area contributed by atoms with E-state index in [1.165, 1.54) is 0 Å². The SMILES string of the molecule is CSC(C)CCNC(=O)c1cc(C#CCO)ccc1C. The van der Waals surface area contributed by atoms with E-state index >= 15 is 0 Å². The lowest BCUT2D eigenvalue weighted by atomic mass is 10.0. The van der Waals surface area contributed by atoms with Crippen LogP contribution in [0.25, 0.3) is 0 Å². The van der Waals surface area contributed by atoms with E-state index in [0.29, 0.717) is 17.4 Å². The van der Waals surface area contributed by atoms with Gasteiger partial charge >= 0.3 is 0 Å². The molecule has 0 bridgehead atoms. The first kappa shape index (κ1) is 16.6. The number of aliphatic hydroxyl groups is 1. The molecule has 0 heterocycles. The van der Waals surface area contributed by atoms with E-state index in [2.05, 4.69) is 30.3 Å². The molecule has 0 aliphatic heterocycles. The van der Waals surface area contributed by atoms with Gasteiger partial charge in [-0.2, -0.15) is 11.8 Å². The van der Waals surface area contributed by atoms with Gasteiger partial charge in [-0.25, -0.2) is 0 Å². The first-order valence-corrected chi connectivity index (χ1v) is 7.88. The Morgan fingerprint density at radius 1 is 1.50 bits per heavy atom. The molecular weight excluding hydrogens is 270 g/mol. The van der Waals surface area contributed by atoms with Crippen LogP contribution in [-0.4, -0.2) is 35.7 Å². The zero-order valence-electron chi connectivity index (χ0n) is 12.2. The molecule has 1 aromatic carbocycles. The Kier molecular flexibility index (Phi) is 7.21. The van der Waals surface area contributed by atoms with E-state index in [-0.39, 0.29) is 12.5 Å². The summed E-state index contributed by atoms with van der Waals surface area (Å²) in [6, 6.07) is 5.50. The van der Waals surface area contributed by atoms with Gasteiger partial charge in [0, 0.05) is 22.9 Å². The molecule has 2 N–H and O–H groups in total. The van der Waals surface area contributed by atoms with Crippen molar-refractivity contribution in [1.82, 2.24) is 5.32 Å². The van der Waals surface area contributed by atoms with Crippen LogP contribution in [0.2, 0.25) is 0 Å². The number of rotatable bonds is 5. The highest BCUT2D eigenvalue weighted by molar-refractivity contribution is 7.99. The second kappa shape index (κ2) is 8.68. The summed E-state index contributed by atoms with van der Waals surface area (Å²) in [5.41, 5.74) is 2.31. The highest BCUT2D eigenvalue weighted by Crippen LogP contribution is 2.12. The first-order chi connectivity index (χ1) is 9.58. The third-order valence-electron chi connectivity index (χ3n) is 3.03. The number of carbonyl (C=O) groups excluding carboxylic acids is 1. The van der Waals surface area contributed by atoms with Crippen molar-refractivity contribution in [3.05, 3.63) is 34.9 Å². The molecule has 1 aromatic rings. The minimum absolute atomic E-state index is 0.0662. The monoisotopic (exact) mass is 291 g/mol. The van der Waals surface area contributed by atoms with E-state index in [1.54, 1.807) is 17.8 Å². The minimum Gasteiger partial charge on any atom is -0.384 e. The molecule has 0 spiro atoms. The van der Waals surface area contributed by atoms with Crippen LogP contribution in [0, 0.1) is 18.8 Å². The number of nitrogens with one attached hydrogen (secondary N) is 1. The fourth-order valence-corrected chi connectivity index (χ4v) is 2.04. The van der Waals surface area contributed by atoms with Crippen molar-refractivity contribution >= 4 is 17.7 Å². The fourth-order valence-electron chi connectivity index (χ4n) is 1.69. The molecule has 108 valence electrons. The fraction of sp³-hybridized carbons (Fsp3) is 0.438. The molecule has 0 fully saturated rings. The highest BCUT2D eigenvalue weighted by atomic mass is 32.2. The molecule has 0 aliphatic rings. The third kappa shape index (κ3) is 5.28. The summed E-state index contributed by atoms with van der Waals surface area (Å²) in [6.07, 6.45) is 3.02. The number of amides is 1. The average Bonchev–Trinajstić information content (AvgIpc) is 2.45.